The lowest BCUT2D eigenvalue weighted by molar-refractivity contribution is -0.137. The number of rotatable bonds is 8. The second-order valence-electron chi connectivity index (χ2n) is 11.9. The number of carbonyl (C=O) groups is 3. The van der Waals surface area contributed by atoms with Gasteiger partial charge in [-0.1, -0.05) is 52.3 Å². The van der Waals surface area contributed by atoms with Crippen molar-refractivity contribution in [2.75, 3.05) is 47.0 Å². The summed E-state index contributed by atoms with van der Waals surface area (Å²) in [5.41, 5.74) is 5.26. The van der Waals surface area contributed by atoms with E-state index in [2.05, 4.69) is 73.9 Å². The number of nitrogens with zero attached hydrogens (tertiary/aromatic N) is 2. The molecular formula is C35H35BrF2N4O5. The number of hydrogen-bond donors (Lipinski definition) is 2. The number of carbonyl (C=O) groups excluding carboxylic acids is 3. The van der Waals surface area contributed by atoms with Gasteiger partial charge in [-0.25, -0.2) is 28.1 Å². The molecule has 3 aromatic rings. The van der Waals surface area contributed by atoms with Crippen LogP contribution in [0.15, 0.2) is 76.4 Å². The quantitative estimate of drug-likeness (QED) is 0.219. The average molecular weight is 710 g/mol. The van der Waals surface area contributed by atoms with Crippen LogP contribution in [-0.4, -0.2) is 74.8 Å². The molecule has 1 aliphatic carbocycles. The largest absolute Gasteiger partial charge is 0.466 e. The Bertz CT molecular complexity index is 1760. The summed E-state index contributed by atoms with van der Waals surface area (Å²) in [6.07, 6.45) is 2.55. The van der Waals surface area contributed by atoms with E-state index in [1.165, 1.54) is 35.4 Å². The zero-order valence-corrected chi connectivity index (χ0v) is 27.7. The van der Waals surface area contributed by atoms with Crippen molar-refractivity contribution in [3.8, 4) is 11.1 Å². The van der Waals surface area contributed by atoms with Gasteiger partial charge in [0.05, 0.1) is 25.0 Å². The molecule has 2 heterocycles. The predicted molar refractivity (Wildman–Crippen MR) is 174 cm³/mol. The molecule has 6 rings (SSSR count). The van der Waals surface area contributed by atoms with Gasteiger partial charge >= 0.3 is 18.0 Å². The van der Waals surface area contributed by atoms with E-state index in [0.29, 0.717) is 6.42 Å². The number of imide groups is 1. The van der Waals surface area contributed by atoms with Crippen LogP contribution in [0, 0.1) is 11.6 Å². The molecule has 2 aliphatic heterocycles. The molecule has 0 radical (unpaired) electrons. The first-order chi connectivity index (χ1) is 22.7. The number of piperidine rings is 1. The van der Waals surface area contributed by atoms with Gasteiger partial charge in [-0.2, -0.15) is 0 Å². The maximum atomic E-state index is 14.3. The zero-order chi connectivity index (χ0) is 33.3. The summed E-state index contributed by atoms with van der Waals surface area (Å²) in [5, 5.41) is 5.30. The van der Waals surface area contributed by atoms with Crippen LogP contribution in [0.1, 0.15) is 42.0 Å². The van der Waals surface area contributed by atoms with Crippen LogP contribution in [-0.2, 0) is 19.7 Å². The monoisotopic (exact) mass is 708 g/mol. The Hall–Kier alpha value is -4.13. The second-order valence-corrected chi connectivity index (χ2v) is 12.9. The minimum Gasteiger partial charge on any atom is -0.466 e. The highest BCUT2D eigenvalue weighted by Crippen LogP contribution is 2.54. The molecule has 1 fully saturated rings. The Kier molecular flexibility index (Phi) is 9.45. The summed E-state index contributed by atoms with van der Waals surface area (Å²) >= 11 is 3.67. The van der Waals surface area contributed by atoms with Crippen LogP contribution >= 0.6 is 15.9 Å². The fourth-order valence-corrected chi connectivity index (χ4v) is 7.55. The van der Waals surface area contributed by atoms with Crippen molar-refractivity contribution in [2.24, 2.45) is 0 Å². The summed E-state index contributed by atoms with van der Waals surface area (Å²) in [6.45, 7) is 2.56. The van der Waals surface area contributed by atoms with Crippen molar-refractivity contribution < 1.29 is 32.6 Å². The molecule has 1 atom stereocenters. The zero-order valence-electron chi connectivity index (χ0n) is 26.1. The highest BCUT2D eigenvalue weighted by molar-refractivity contribution is 9.10. The number of ether oxygens (including phenoxy) is 2. The normalized spacial score (nSPS) is 18.5. The average Bonchev–Trinajstić information content (AvgIpc) is 3.32. The molecule has 0 saturated carbocycles. The Labute approximate surface area is 280 Å². The molecule has 0 aromatic heterocycles. The Morgan fingerprint density at radius 3 is 2.47 bits per heavy atom. The smallest absolute Gasteiger partial charge is 0.338 e. The third-order valence-electron chi connectivity index (χ3n) is 9.37. The van der Waals surface area contributed by atoms with Crippen LogP contribution in [0.3, 0.4) is 0 Å². The molecule has 1 saturated heterocycles. The molecule has 1 spiro atoms. The van der Waals surface area contributed by atoms with Crippen molar-refractivity contribution >= 4 is 34.0 Å². The number of halogens is 3. The topological polar surface area (TPSA) is 100 Å². The van der Waals surface area contributed by atoms with Crippen molar-refractivity contribution in [3.63, 3.8) is 0 Å². The molecule has 0 unspecified atom stereocenters. The lowest BCUT2D eigenvalue weighted by atomic mass is 9.71. The number of nitrogens with one attached hydrogen (secondary N) is 2. The summed E-state index contributed by atoms with van der Waals surface area (Å²) in [7, 11) is 2.51. The maximum absolute atomic E-state index is 14.3. The lowest BCUT2D eigenvalue weighted by Crippen LogP contribution is -2.55. The van der Waals surface area contributed by atoms with Gasteiger partial charge in [0, 0.05) is 23.5 Å². The van der Waals surface area contributed by atoms with Gasteiger partial charge in [0.2, 0.25) is 0 Å². The lowest BCUT2D eigenvalue weighted by Gasteiger charge is -2.41. The minimum atomic E-state index is -1.38. The molecule has 246 valence electrons. The van der Waals surface area contributed by atoms with E-state index in [9.17, 15) is 23.2 Å². The Balaban J connectivity index is 1.13. The van der Waals surface area contributed by atoms with Crippen molar-refractivity contribution in [2.45, 2.75) is 30.7 Å². The highest BCUT2D eigenvalue weighted by atomic mass is 79.9. The van der Waals surface area contributed by atoms with Crippen LogP contribution in [0.25, 0.3) is 11.1 Å². The van der Waals surface area contributed by atoms with Crippen molar-refractivity contribution in [3.05, 3.63) is 105 Å². The molecule has 9 nitrogen and oxygen atoms in total. The number of methoxy groups -OCH3 is 2. The van der Waals surface area contributed by atoms with E-state index in [1.807, 2.05) is 0 Å². The Morgan fingerprint density at radius 1 is 1.00 bits per heavy atom. The third kappa shape index (κ3) is 6.05. The molecule has 3 aromatic carbocycles. The fraction of sp³-hybridized carbons (Fsp3) is 0.343. The number of amides is 4. The molecular weight excluding hydrogens is 674 g/mol. The number of esters is 1. The number of fused-ring (bicyclic) bond motifs is 5. The van der Waals surface area contributed by atoms with Gasteiger partial charge < -0.3 is 25.0 Å². The summed E-state index contributed by atoms with van der Waals surface area (Å²) in [5.74, 6) is -3.15. The number of benzene rings is 3. The van der Waals surface area contributed by atoms with Gasteiger partial charge in [0.25, 0.3) is 0 Å². The summed E-state index contributed by atoms with van der Waals surface area (Å²) < 4.78 is 39.3. The number of urea groups is 2. The fourth-order valence-electron chi connectivity index (χ4n) is 7.19. The van der Waals surface area contributed by atoms with E-state index in [4.69, 9.17) is 9.47 Å². The standard InChI is InChI=1S/C35H35BrF2N4O5/c1-46-20-29-30(32(43)47-2)31(21-8-11-27(37)28(38)18-21)42(34(45)40-29)33(44)39-14-5-15-41-16-12-35(13-17-41)25-7-4-3-6-23(25)24-10-9-22(36)19-26(24)35/h3-4,6-11,18-19,31H,5,12-17,20H2,1-2H3,(H,39,44)(H,40,45)/t31-/m0/s1. The SMILES string of the molecule is COCC1=C(C(=O)OC)[C@H](c2ccc(F)c(F)c2)N(C(=O)NCCCN2CCC3(CC2)c2ccccc2-c2ccc(Br)cc23)C(=O)N1. The van der Waals surface area contributed by atoms with Gasteiger partial charge in [-0.05, 0) is 91.0 Å². The van der Waals surface area contributed by atoms with E-state index < -0.39 is 35.7 Å². The van der Waals surface area contributed by atoms with Gasteiger partial charge in [-0.3, -0.25) is 0 Å². The van der Waals surface area contributed by atoms with E-state index in [-0.39, 0.29) is 35.4 Å². The molecule has 47 heavy (non-hydrogen) atoms. The van der Waals surface area contributed by atoms with Crippen molar-refractivity contribution in [1.82, 2.24) is 20.4 Å². The van der Waals surface area contributed by atoms with Gasteiger partial charge in [-0.15, -0.1) is 0 Å². The second kappa shape index (κ2) is 13.5. The highest BCUT2D eigenvalue weighted by Gasteiger charge is 2.45. The first-order valence-electron chi connectivity index (χ1n) is 15.4. The first kappa shape index (κ1) is 32.8. The predicted octanol–water partition coefficient (Wildman–Crippen LogP) is 6.03. The van der Waals surface area contributed by atoms with Crippen LogP contribution in [0.2, 0.25) is 0 Å². The van der Waals surface area contributed by atoms with Crippen LogP contribution in [0.5, 0.6) is 0 Å². The Morgan fingerprint density at radius 2 is 1.74 bits per heavy atom. The molecule has 12 heteroatoms. The summed E-state index contributed by atoms with van der Waals surface area (Å²) in [6, 6.07) is 15.1. The van der Waals surface area contributed by atoms with Gasteiger partial charge in [0.15, 0.2) is 11.6 Å². The molecule has 0 bridgehead atoms. The maximum Gasteiger partial charge on any atom is 0.338 e. The van der Waals surface area contributed by atoms with E-state index in [0.717, 1.165) is 61.1 Å². The number of likely N-dealkylation sites (tertiary alicyclic amines) is 1. The van der Waals surface area contributed by atoms with E-state index >= 15 is 0 Å². The minimum absolute atomic E-state index is 0.0206. The molecule has 4 amide bonds. The van der Waals surface area contributed by atoms with Gasteiger partial charge in [0.1, 0.15) is 6.04 Å². The van der Waals surface area contributed by atoms with E-state index in [1.54, 1.807) is 0 Å². The van der Waals surface area contributed by atoms with Crippen LogP contribution in [0.4, 0.5) is 18.4 Å². The first-order valence-corrected chi connectivity index (χ1v) is 16.2. The third-order valence-corrected chi connectivity index (χ3v) is 9.87. The number of hydrogen-bond acceptors (Lipinski definition) is 6. The van der Waals surface area contributed by atoms with Crippen molar-refractivity contribution in [1.29, 1.82) is 0 Å². The summed E-state index contributed by atoms with van der Waals surface area (Å²) in [4.78, 5) is 42.8. The molecule has 2 N–H and O–H groups in total. The van der Waals surface area contributed by atoms with Crippen LogP contribution < -0.4 is 10.6 Å². The molecule has 3 aliphatic rings.